The number of nitrogens with one attached hydrogen (secondary N) is 1. The van der Waals surface area contributed by atoms with Crippen molar-refractivity contribution in [2.75, 3.05) is 31.1 Å². The van der Waals surface area contributed by atoms with Gasteiger partial charge in [-0.05, 0) is 19.1 Å². The maximum absolute atomic E-state index is 12.9. The number of halogens is 3. The molecule has 2 aromatic rings. The molecule has 8 heteroatoms. The van der Waals surface area contributed by atoms with Crippen molar-refractivity contribution in [1.29, 1.82) is 0 Å². The van der Waals surface area contributed by atoms with E-state index in [2.05, 4.69) is 12.1 Å². The average Bonchev–Trinajstić information content (AvgIpc) is 2.61. The number of piperazine rings is 1. The van der Waals surface area contributed by atoms with E-state index in [0.29, 0.717) is 19.2 Å². The third-order valence-corrected chi connectivity index (χ3v) is 4.85. The van der Waals surface area contributed by atoms with Gasteiger partial charge in [0.15, 0.2) is 0 Å². The summed E-state index contributed by atoms with van der Waals surface area (Å²) in [7, 11) is 0. The maximum atomic E-state index is 12.9. The Kier molecular flexibility index (Phi) is 5.36. The van der Waals surface area contributed by atoms with Crippen molar-refractivity contribution in [3.05, 3.63) is 69.3 Å². The summed E-state index contributed by atoms with van der Waals surface area (Å²) in [6.45, 7) is 5.57. The van der Waals surface area contributed by atoms with Crippen molar-refractivity contribution in [3.63, 3.8) is 0 Å². The van der Waals surface area contributed by atoms with Crippen LogP contribution in [-0.2, 0) is 12.7 Å². The Labute approximate surface area is 155 Å². The number of aryl methyl sites for hydroxylation is 1. The molecule has 1 aliphatic heterocycles. The molecule has 5 nitrogen and oxygen atoms in total. The average molecular weight is 380 g/mol. The van der Waals surface area contributed by atoms with Gasteiger partial charge in [0, 0.05) is 11.6 Å². The minimum absolute atomic E-state index is 0.252. The molecular weight excluding hydrogens is 359 g/mol. The van der Waals surface area contributed by atoms with Crippen LogP contribution in [0.1, 0.15) is 16.7 Å². The number of quaternary nitrogens is 1. The number of anilines is 1. The monoisotopic (exact) mass is 380 g/mol. The van der Waals surface area contributed by atoms with Crippen LogP contribution in [0.5, 0.6) is 0 Å². The van der Waals surface area contributed by atoms with Crippen molar-refractivity contribution in [1.82, 2.24) is 0 Å². The molecule has 1 N–H and O–H groups in total. The Hall–Kier alpha value is -2.61. The highest BCUT2D eigenvalue weighted by molar-refractivity contribution is 5.64. The molecule has 1 fully saturated rings. The van der Waals surface area contributed by atoms with E-state index in [4.69, 9.17) is 0 Å². The van der Waals surface area contributed by atoms with Crippen LogP contribution in [0.15, 0.2) is 42.5 Å². The van der Waals surface area contributed by atoms with Crippen LogP contribution in [0.25, 0.3) is 0 Å². The quantitative estimate of drug-likeness (QED) is 0.656. The van der Waals surface area contributed by atoms with Gasteiger partial charge in [-0.25, -0.2) is 0 Å². The van der Waals surface area contributed by atoms with Gasteiger partial charge in [-0.3, -0.25) is 10.1 Å². The van der Waals surface area contributed by atoms with Gasteiger partial charge < -0.3 is 9.80 Å². The molecule has 0 aliphatic carbocycles. The number of nitrogens with zero attached hydrogens (tertiary/aromatic N) is 2. The van der Waals surface area contributed by atoms with E-state index >= 15 is 0 Å². The molecule has 1 aliphatic rings. The summed E-state index contributed by atoms with van der Waals surface area (Å²) >= 11 is 0. The molecule has 0 radical (unpaired) electrons. The first-order chi connectivity index (χ1) is 12.7. The molecular formula is C19H21F3N3O2+. The smallest absolute Gasteiger partial charge is 0.355 e. The van der Waals surface area contributed by atoms with Gasteiger partial charge in [0.2, 0.25) is 0 Å². The Bertz CT molecular complexity index is 831. The molecule has 0 bridgehead atoms. The third-order valence-electron chi connectivity index (χ3n) is 4.85. The van der Waals surface area contributed by atoms with Crippen molar-refractivity contribution in [2.24, 2.45) is 0 Å². The Balaban J connectivity index is 1.71. The van der Waals surface area contributed by atoms with E-state index in [9.17, 15) is 23.3 Å². The first-order valence-electron chi connectivity index (χ1n) is 8.74. The van der Waals surface area contributed by atoms with Crippen molar-refractivity contribution >= 4 is 11.4 Å². The molecule has 1 heterocycles. The number of nitro groups is 1. The summed E-state index contributed by atoms with van der Waals surface area (Å²) in [6.07, 6.45) is -4.60. The van der Waals surface area contributed by atoms with Gasteiger partial charge in [0.1, 0.15) is 12.2 Å². The summed E-state index contributed by atoms with van der Waals surface area (Å²) in [5, 5.41) is 11.3. The summed E-state index contributed by atoms with van der Waals surface area (Å²) < 4.78 is 38.6. The van der Waals surface area contributed by atoms with Gasteiger partial charge in [-0.2, -0.15) is 13.2 Å². The minimum atomic E-state index is -4.60. The third kappa shape index (κ3) is 4.57. The number of hydrogen-bond acceptors (Lipinski definition) is 3. The fraction of sp³-hybridized carbons (Fsp3) is 0.368. The normalized spacial score (nSPS) is 15.8. The SMILES string of the molecule is Cc1cccc(C[NH+]2CCN(c3ccc(C(F)(F)F)cc3[N+](=O)[O-])CC2)c1. The number of benzene rings is 2. The van der Waals surface area contributed by atoms with Crippen LogP contribution in [0.4, 0.5) is 24.5 Å². The molecule has 0 amide bonds. The molecule has 0 saturated carbocycles. The standard InChI is InChI=1S/C19H20F3N3O2/c1-14-3-2-4-15(11-14)13-23-7-9-24(10-8-23)17-6-5-16(19(20,21)22)12-18(17)25(26)27/h2-6,11-12H,7-10,13H2,1H3/p+1. The predicted octanol–water partition coefficient (Wildman–Crippen LogP) is 2.83. The Morgan fingerprint density at radius 1 is 1.15 bits per heavy atom. The number of nitro benzene ring substituents is 1. The first kappa shape index (κ1) is 19.2. The van der Waals surface area contributed by atoms with Crippen LogP contribution >= 0.6 is 0 Å². The minimum Gasteiger partial charge on any atom is -0.355 e. The predicted molar refractivity (Wildman–Crippen MR) is 95.9 cm³/mol. The number of alkyl halides is 3. The maximum Gasteiger partial charge on any atom is 0.416 e. The van der Waals surface area contributed by atoms with Gasteiger partial charge in [0.05, 0.1) is 36.7 Å². The molecule has 2 aromatic carbocycles. The highest BCUT2D eigenvalue weighted by Gasteiger charge is 2.34. The highest BCUT2D eigenvalue weighted by atomic mass is 19.4. The van der Waals surface area contributed by atoms with E-state index in [0.717, 1.165) is 25.7 Å². The largest absolute Gasteiger partial charge is 0.416 e. The van der Waals surface area contributed by atoms with Gasteiger partial charge >= 0.3 is 6.18 Å². The van der Waals surface area contributed by atoms with E-state index in [1.807, 2.05) is 19.1 Å². The second kappa shape index (κ2) is 7.56. The second-order valence-corrected chi connectivity index (χ2v) is 6.86. The van der Waals surface area contributed by atoms with Crippen LogP contribution in [0.2, 0.25) is 0 Å². The summed E-state index contributed by atoms with van der Waals surface area (Å²) in [5.41, 5.74) is 1.20. The molecule has 0 spiro atoms. The lowest BCUT2D eigenvalue weighted by molar-refractivity contribution is -0.914. The lowest BCUT2D eigenvalue weighted by Gasteiger charge is -2.33. The number of hydrogen-bond donors (Lipinski definition) is 1. The summed E-state index contributed by atoms with van der Waals surface area (Å²) in [5.74, 6) is 0. The lowest BCUT2D eigenvalue weighted by atomic mass is 10.1. The molecule has 0 atom stereocenters. The Morgan fingerprint density at radius 2 is 1.85 bits per heavy atom. The van der Waals surface area contributed by atoms with Crippen molar-refractivity contribution in [2.45, 2.75) is 19.6 Å². The van der Waals surface area contributed by atoms with Crippen molar-refractivity contribution in [3.8, 4) is 0 Å². The molecule has 0 aromatic heterocycles. The topological polar surface area (TPSA) is 50.8 Å². The van der Waals surface area contributed by atoms with Crippen molar-refractivity contribution < 1.29 is 23.0 Å². The van der Waals surface area contributed by atoms with Crippen LogP contribution in [0.3, 0.4) is 0 Å². The molecule has 1 saturated heterocycles. The number of rotatable bonds is 4. The van der Waals surface area contributed by atoms with Gasteiger partial charge in [0.25, 0.3) is 5.69 Å². The van der Waals surface area contributed by atoms with Gasteiger partial charge in [-0.1, -0.05) is 29.8 Å². The zero-order valence-corrected chi connectivity index (χ0v) is 14.9. The summed E-state index contributed by atoms with van der Waals surface area (Å²) in [6, 6.07) is 11.0. The molecule has 27 heavy (non-hydrogen) atoms. The van der Waals surface area contributed by atoms with Crippen LogP contribution in [-0.4, -0.2) is 31.1 Å². The fourth-order valence-corrected chi connectivity index (χ4v) is 3.46. The van der Waals surface area contributed by atoms with E-state index in [1.165, 1.54) is 22.1 Å². The van der Waals surface area contributed by atoms with E-state index in [-0.39, 0.29) is 5.69 Å². The fourth-order valence-electron chi connectivity index (χ4n) is 3.46. The molecule has 0 unspecified atom stereocenters. The molecule has 144 valence electrons. The lowest BCUT2D eigenvalue weighted by Crippen LogP contribution is -3.13. The van der Waals surface area contributed by atoms with Crippen LogP contribution < -0.4 is 9.80 Å². The molecule has 3 rings (SSSR count). The zero-order chi connectivity index (χ0) is 19.6. The van der Waals surface area contributed by atoms with E-state index in [1.54, 1.807) is 4.90 Å². The zero-order valence-electron chi connectivity index (χ0n) is 14.9. The van der Waals surface area contributed by atoms with Gasteiger partial charge in [-0.15, -0.1) is 0 Å². The summed E-state index contributed by atoms with van der Waals surface area (Å²) in [4.78, 5) is 13.7. The first-order valence-corrected chi connectivity index (χ1v) is 8.74. The second-order valence-electron chi connectivity index (χ2n) is 6.86. The van der Waals surface area contributed by atoms with Crippen LogP contribution in [0, 0.1) is 17.0 Å². The highest BCUT2D eigenvalue weighted by Crippen LogP contribution is 2.36. The Morgan fingerprint density at radius 3 is 2.44 bits per heavy atom. The van der Waals surface area contributed by atoms with E-state index < -0.39 is 22.4 Å².